The number of amides is 1. The number of methoxy groups -OCH3 is 1. The zero-order valence-corrected chi connectivity index (χ0v) is 9.99. The van der Waals surface area contributed by atoms with Crippen molar-refractivity contribution >= 4 is 6.09 Å². The van der Waals surface area contributed by atoms with E-state index < -0.39 is 0 Å². The van der Waals surface area contributed by atoms with Crippen LogP contribution in [0.25, 0.3) is 0 Å². The van der Waals surface area contributed by atoms with Crippen molar-refractivity contribution < 1.29 is 14.1 Å². The number of likely N-dealkylation sites (tertiary alicyclic amines) is 1. The van der Waals surface area contributed by atoms with E-state index in [-0.39, 0.29) is 17.1 Å². The molecular weight excluding hydrogens is 224 g/mol. The van der Waals surface area contributed by atoms with Crippen molar-refractivity contribution in [1.29, 1.82) is 0 Å². The van der Waals surface area contributed by atoms with E-state index in [0.717, 1.165) is 12.8 Å². The summed E-state index contributed by atoms with van der Waals surface area (Å²) < 4.78 is 9.83. The zero-order chi connectivity index (χ0) is 12.5. The summed E-state index contributed by atoms with van der Waals surface area (Å²) >= 11 is 0. The van der Waals surface area contributed by atoms with Crippen LogP contribution in [0.4, 0.5) is 4.79 Å². The van der Waals surface area contributed by atoms with E-state index in [9.17, 15) is 9.59 Å². The normalized spacial score (nSPS) is 19.1. The molecule has 0 spiro atoms. The van der Waals surface area contributed by atoms with E-state index >= 15 is 0 Å². The fourth-order valence-corrected chi connectivity index (χ4v) is 2.14. The zero-order valence-electron chi connectivity index (χ0n) is 9.99. The Morgan fingerprint density at radius 2 is 2.18 bits per heavy atom. The molecule has 0 atom stereocenters. The van der Waals surface area contributed by atoms with Gasteiger partial charge in [0.25, 0.3) is 5.56 Å². The molecule has 0 unspecified atom stereocenters. The summed E-state index contributed by atoms with van der Waals surface area (Å²) in [5, 5.41) is 2.30. The van der Waals surface area contributed by atoms with Gasteiger partial charge in [0.05, 0.1) is 7.11 Å². The SMILES string of the molecule is COC(=O)N1CCC(C)(c2cc(=O)[nH]o2)CC1. The molecule has 94 valence electrons. The van der Waals surface area contributed by atoms with Gasteiger partial charge in [-0.25, -0.2) is 4.79 Å². The predicted molar refractivity (Wildman–Crippen MR) is 59.9 cm³/mol. The van der Waals surface area contributed by atoms with Crippen LogP contribution >= 0.6 is 0 Å². The third kappa shape index (κ3) is 2.20. The minimum Gasteiger partial charge on any atom is -0.453 e. The second-order valence-corrected chi connectivity index (χ2v) is 4.59. The smallest absolute Gasteiger partial charge is 0.409 e. The maximum absolute atomic E-state index is 11.3. The standard InChI is InChI=1S/C11H16N2O4/c1-11(8-7-9(14)12-17-8)3-5-13(6-4-11)10(15)16-2/h7H,3-6H2,1-2H3,(H,12,14). The Labute approximate surface area is 98.5 Å². The molecule has 6 heteroatoms. The molecule has 1 aliphatic rings. The highest BCUT2D eigenvalue weighted by atomic mass is 16.5. The number of aromatic amines is 1. The summed E-state index contributed by atoms with van der Waals surface area (Å²) in [6, 6.07) is 1.48. The molecule has 1 fully saturated rings. The van der Waals surface area contributed by atoms with Crippen molar-refractivity contribution in [1.82, 2.24) is 10.1 Å². The summed E-state index contributed by atoms with van der Waals surface area (Å²) in [6.45, 7) is 3.25. The molecule has 0 aliphatic carbocycles. The van der Waals surface area contributed by atoms with E-state index in [4.69, 9.17) is 4.52 Å². The number of nitrogens with zero attached hydrogens (tertiary/aromatic N) is 1. The van der Waals surface area contributed by atoms with E-state index in [1.807, 2.05) is 6.92 Å². The molecule has 6 nitrogen and oxygen atoms in total. The lowest BCUT2D eigenvalue weighted by atomic mass is 9.78. The molecule has 1 aromatic heterocycles. The third-order valence-electron chi connectivity index (χ3n) is 3.42. The summed E-state index contributed by atoms with van der Waals surface area (Å²) in [4.78, 5) is 24.1. The van der Waals surface area contributed by atoms with Gasteiger partial charge in [-0.1, -0.05) is 6.92 Å². The van der Waals surface area contributed by atoms with Gasteiger partial charge in [-0.3, -0.25) is 4.79 Å². The van der Waals surface area contributed by atoms with Crippen LogP contribution in [0, 0.1) is 0 Å². The van der Waals surface area contributed by atoms with Gasteiger partial charge in [-0.05, 0) is 12.8 Å². The van der Waals surface area contributed by atoms with Crippen molar-refractivity contribution in [3.05, 3.63) is 22.2 Å². The van der Waals surface area contributed by atoms with E-state index in [2.05, 4.69) is 9.89 Å². The molecule has 1 amide bonds. The Hall–Kier alpha value is -1.72. The van der Waals surface area contributed by atoms with Gasteiger partial charge in [-0.2, -0.15) is 5.16 Å². The number of rotatable bonds is 1. The van der Waals surface area contributed by atoms with Crippen molar-refractivity contribution in [3.8, 4) is 0 Å². The van der Waals surface area contributed by atoms with Crippen LogP contribution in [-0.2, 0) is 10.2 Å². The molecule has 1 aliphatic heterocycles. The number of hydrogen-bond acceptors (Lipinski definition) is 4. The second-order valence-electron chi connectivity index (χ2n) is 4.59. The third-order valence-corrected chi connectivity index (χ3v) is 3.42. The number of aromatic nitrogens is 1. The molecule has 1 saturated heterocycles. The van der Waals surface area contributed by atoms with Gasteiger partial charge >= 0.3 is 6.09 Å². The Bertz CT molecular complexity index is 454. The summed E-state index contributed by atoms with van der Waals surface area (Å²) in [5.74, 6) is 0.659. The predicted octanol–water partition coefficient (Wildman–Crippen LogP) is 1.09. The first-order valence-corrected chi connectivity index (χ1v) is 5.57. The molecule has 2 rings (SSSR count). The van der Waals surface area contributed by atoms with Crippen molar-refractivity contribution in [2.75, 3.05) is 20.2 Å². The average Bonchev–Trinajstić information content (AvgIpc) is 2.77. The van der Waals surface area contributed by atoms with Crippen LogP contribution in [0.3, 0.4) is 0 Å². The number of piperidine rings is 1. The number of carbonyl (C=O) groups is 1. The van der Waals surface area contributed by atoms with Gasteiger partial charge < -0.3 is 14.2 Å². The Morgan fingerprint density at radius 3 is 2.65 bits per heavy atom. The molecule has 0 bridgehead atoms. The second kappa shape index (κ2) is 4.27. The number of ether oxygens (including phenoxy) is 1. The molecule has 0 aromatic carbocycles. The maximum atomic E-state index is 11.3. The fraction of sp³-hybridized carbons (Fsp3) is 0.636. The minimum atomic E-state index is -0.303. The Morgan fingerprint density at radius 1 is 1.53 bits per heavy atom. The molecule has 17 heavy (non-hydrogen) atoms. The number of nitrogens with one attached hydrogen (secondary N) is 1. The quantitative estimate of drug-likeness (QED) is 0.797. The van der Waals surface area contributed by atoms with Crippen LogP contribution < -0.4 is 5.56 Å². The monoisotopic (exact) mass is 240 g/mol. The van der Waals surface area contributed by atoms with Gasteiger partial charge in [0.1, 0.15) is 5.76 Å². The number of carbonyl (C=O) groups excluding carboxylic acids is 1. The van der Waals surface area contributed by atoms with Crippen molar-refractivity contribution in [2.45, 2.75) is 25.2 Å². The molecule has 0 saturated carbocycles. The highest BCUT2D eigenvalue weighted by molar-refractivity contribution is 5.67. The van der Waals surface area contributed by atoms with Gasteiger partial charge in [0.2, 0.25) is 0 Å². The summed E-state index contributed by atoms with van der Waals surface area (Å²) in [5.41, 5.74) is -0.416. The Kier molecular flexibility index (Phi) is 2.95. The van der Waals surface area contributed by atoms with Crippen molar-refractivity contribution in [3.63, 3.8) is 0 Å². The van der Waals surface area contributed by atoms with E-state index in [1.165, 1.54) is 13.2 Å². The van der Waals surface area contributed by atoms with E-state index in [1.54, 1.807) is 4.90 Å². The van der Waals surface area contributed by atoms with Crippen molar-refractivity contribution in [2.24, 2.45) is 0 Å². The average molecular weight is 240 g/mol. The minimum absolute atomic E-state index is 0.191. The lowest BCUT2D eigenvalue weighted by Gasteiger charge is -2.36. The van der Waals surface area contributed by atoms with Crippen LogP contribution in [0.1, 0.15) is 25.5 Å². The molecule has 0 radical (unpaired) electrons. The maximum Gasteiger partial charge on any atom is 0.409 e. The van der Waals surface area contributed by atoms with Crippen LogP contribution in [0.2, 0.25) is 0 Å². The molecule has 1 N–H and O–H groups in total. The summed E-state index contributed by atoms with van der Waals surface area (Å²) in [6.07, 6.45) is 1.20. The van der Waals surface area contributed by atoms with Crippen LogP contribution in [0.15, 0.2) is 15.4 Å². The van der Waals surface area contributed by atoms with Gasteiger partial charge in [0.15, 0.2) is 0 Å². The first kappa shape index (κ1) is 11.8. The highest BCUT2D eigenvalue weighted by Crippen LogP contribution is 2.34. The van der Waals surface area contributed by atoms with Crippen LogP contribution in [-0.4, -0.2) is 36.3 Å². The number of hydrogen-bond donors (Lipinski definition) is 1. The fourth-order valence-electron chi connectivity index (χ4n) is 2.14. The summed E-state index contributed by atoms with van der Waals surface area (Å²) in [7, 11) is 1.38. The largest absolute Gasteiger partial charge is 0.453 e. The molecule has 1 aromatic rings. The topological polar surface area (TPSA) is 75.5 Å². The lowest BCUT2D eigenvalue weighted by molar-refractivity contribution is 0.0964. The van der Waals surface area contributed by atoms with Gasteiger partial charge in [-0.15, -0.1) is 0 Å². The first-order valence-electron chi connectivity index (χ1n) is 5.57. The van der Waals surface area contributed by atoms with Crippen LogP contribution in [0.5, 0.6) is 0 Å². The molecule has 2 heterocycles. The Balaban J connectivity index is 2.07. The first-order chi connectivity index (χ1) is 8.05. The lowest BCUT2D eigenvalue weighted by Crippen LogP contribution is -2.43. The van der Waals surface area contributed by atoms with Gasteiger partial charge in [0, 0.05) is 24.6 Å². The molecular formula is C11H16N2O4. The highest BCUT2D eigenvalue weighted by Gasteiger charge is 2.36. The number of H-pyrrole nitrogens is 1. The van der Waals surface area contributed by atoms with E-state index in [0.29, 0.717) is 18.8 Å².